The molecule has 7 heteroatoms. The lowest BCUT2D eigenvalue weighted by atomic mass is 10.0. The standard InChI is InChI=1S/C25H26N6O/c1-17-18(2)25(29-28-23(17)13-26)31-9-8-22-20(15-31)12-21(14-27-22)30-10-11-32-24(16-30)19-6-4-3-5-7-19/h3-7,12,14,24H,8-11,15-16H2,1-2H3/t24-/m0/s1. The molecule has 1 aromatic carbocycles. The number of aromatic nitrogens is 3. The maximum absolute atomic E-state index is 9.23. The van der Waals surface area contributed by atoms with Gasteiger partial charge >= 0.3 is 0 Å². The Morgan fingerprint density at radius 3 is 2.72 bits per heavy atom. The van der Waals surface area contributed by atoms with E-state index in [0.717, 1.165) is 60.9 Å². The largest absolute Gasteiger partial charge is 0.370 e. The van der Waals surface area contributed by atoms with Crippen molar-refractivity contribution in [3.05, 3.63) is 76.2 Å². The number of rotatable bonds is 3. The average molecular weight is 427 g/mol. The van der Waals surface area contributed by atoms with E-state index in [0.29, 0.717) is 12.3 Å². The molecule has 5 rings (SSSR count). The Balaban J connectivity index is 1.37. The van der Waals surface area contributed by atoms with Crippen molar-refractivity contribution in [2.24, 2.45) is 0 Å². The van der Waals surface area contributed by atoms with E-state index in [9.17, 15) is 5.26 Å². The molecule has 0 amide bonds. The number of nitriles is 1. The van der Waals surface area contributed by atoms with E-state index in [2.05, 4.69) is 56.4 Å². The second-order valence-electron chi connectivity index (χ2n) is 8.42. The molecule has 0 saturated carbocycles. The highest BCUT2D eigenvalue weighted by molar-refractivity contribution is 5.55. The zero-order valence-corrected chi connectivity index (χ0v) is 18.5. The number of pyridine rings is 1. The summed E-state index contributed by atoms with van der Waals surface area (Å²) in [5.74, 6) is 0.855. The molecule has 3 aromatic rings. The molecule has 2 aliphatic heterocycles. The van der Waals surface area contributed by atoms with Gasteiger partial charge in [-0.15, -0.1) is 10.2 Å². The Labute approximate surface area is 188 Å². The van der Waals surface area contributed by atoms with Crippen LogP contribution in [0.2, 0.25) is 0 Å². The maximum Gasteiger partial charge on any atom is 0.166 e. The van der Waals surface area contributed by atoms with Crippen LogP contribution in [0.25, 0.3) is 0 Å². The summed E-state index contributed by atoms with van der Waals surface area (Å²) in [6.45, 7) is 7.90. The van der Waals surface area contributed by atoms with Crippen LogP contribution >= 0.6 is 0 Å². The van der Waals surface area contributed by atoms with Gasteiger partial charge in [-0.05, 0) is 42.2 Å². The first kappa shape index (κ1) is 20.4. The van der Waals surface area contributed by atoms with E-state index in [1.165, 1.54) is 11.1 Å². The van der Waals surface area contributed by atoms with Crippen LogP contribution in [-0.4, -0.2) is 41.4 Å². The fourth-order valence-electron chi connectivity index (χ4n) is 4.52. The molecule has 4 heterocycles. The molecule has 0 bridgehead atoms. The third-order valence-corrected chi connectivity index (χ3v) is 6.53. The van der Waals surface area contributed by atoms with Gasteiger partial charge < -0.3 is 14.5 Å². The summed E-state index contributed by atoms with van der Waals surface area (Å²) < 4.78 is 6.04. The maximum atomic E-state index is 9.23. The van der Waals surface area contributed by atoms with Crippen molar-refractivity contribution < 1.29 is 4.74 Å². The van der Waals surface area contributed by atoms with Gasteiger partial charge in [0.1, 0.15) is 12.2 Å². The minimum absolute atomic E-state index is 0.0667. The van der Waals surface area contributed by atoms with Crippen molar-refractivity contribution in [1.29, 1.82) is 5.26 Å². The molecule has 2 aromatic heterocycles. The summed E-state index contributed by atoms with van der Waals surface area (Å²) in [6.07, 6.45) is 2.93. The van der Waals surface area contributed by atoms with Gasteiger partial charge in [0, 0.05) is 38.3 Å². The number of ether oxygens (including phenoxy) is 1. The number of hydrogen-bond acceptors (Lipinski definition) is 7. The Kier molecular flexibility index (Phi) is 5.46. The van der Waals surface area contributed by atoms with Gasteiger partial charge in [-0.25, -0.2) is 0 Å². The molecule has 1 fully saturated rings. The van der Waals surface area contributed by atoms with Crippen LogP contribution in [0.1, 0.15) is 39.7 Å². The topological polar surface area (TPSA) is 78.2 Å². The Morgan fingerprint density at radius 1 is 1.06 bits per heavy atom. The van der Waals surface area contributed by atoms with Gasteiger partial charge in [0.15, 0.2) is 11.5 Å². The van der Waals surface area contributed by atoms with Crippen LogP contribution in [0.3, 0.4) is 0 Å². The molecule has 162 valence electrons. The second kappa shape index (κ2) is 8.56. The molecule has 0 aliphatic carbocycles. The SMILES string of the molecule is Cc1c(C#N)nnc(N2CCc3ncc(N4CCO[C@H](c5ccccc5)C4)cc3C2)c1C. The molecule has 0 N–H and O–H groups in total. The van der Waals surface area contributed by atoms with E-state index < -0.39 is 0 Å². The molecule has 2 aliphatic rings. The number of anilines is 2. The lowest BCUT2D eigenvalue weighted by molar-refractivity contribution is 0.0398. The minimum Gasteiger partial charge on any atom is -0.370 e. The zero-order chi connectivity index (χ0) is 22.1. The lowest BCUT2D eigenvalue weighted by Gasteiger charge is -2.36. The van der Waals surface area contributed by atoms with Crippen LogP contribution in [0.4, 0.5) is 11.5 Å². The van der Waals surface area contributed by atoms with Crippen LogP contribution in [0, 0.1) is 25.2 Å². The third kappa shape index (κ3) is 3.78. The zero-order valence-electron chi connectivity index (χ0n) is 18.5. The van der Waals surface area contributed by atoms with E-state index in [4.69, 9.17) is 9.72 Å². The Hall–Kier alpha value is -3.50. The van der Waals surface area contributed by atoms with Gasteiger partial charge in [-0.1, -0.05) is 30.3 Å². The lowest BCUT2D eigenvalue weighted by Crippen LogP contribution is -2.39. The summed E-state index contributed by atoms with van der Waals surface area (Å²) >= 11 is 0. The number of nitrogens with zero attached hydrogens (tertiary/aromatic N) is 6. The minimum atomic E-state index is 0.0667. The molecule has 1 atom stereocenters. The second-order valence-corrected chi connectivity index (χ2v) is 8.42. The first-order valence-electron chi connectivity index (χ1n) is 11.0. The molecular weight excluding hydrogens is 400 g/mol. The van der Waals surface area contributed by atoms with E-state index in [-0.39, 0.29) is 6.10 Å². The Morgan fingerprint density at radius 2 is 1.91 bits per heavy atom. The first-order valence-corrected chi connectivity index (χ1v) is 11.0. The predicted molar refractivity (Wildman–Crippen MR) is 123 cm³/mol. The van der Waals surface area contributed by atoms with Crippen molar-refractivity contribution in [3.63, 3.8) is 0 Å². The van der Waals surface area contributed by atoms with Crippen molar-refractivity contribution in [1.82, 2.24) is 15.2 Å². The summed E-state index contributed by atoms with van der Waals surface area (Å²) in [5, 5.41) is 17.7. The molecule has 0 spiro atoms. The fraction of sp³-hybridized carbons (Fsp3) is 0.360. The summed E-state index contributed by atoms with van der Waals surface area (Å²) in [4.78, 5) is 9.41. The van der Waals surface area contributed by atoms with Crippen LogP contribution < -0.4 is 9.80 Å². The van der Waals surface area contributed by atoms with Gasteiger partial charge in [0.2, 0.25) is 0 Å². The quantitative estimate of drug-likeness (QED) is 0.634. The van der Waals surface area contributed by atoms with Crippen molar-refractivity contribution in [3.8, 4) is 6.07 Å². The van der Waals surface area contributed by atoms with Gasteiger partial charge in [-0.2, -0.15) is 5.26 Å². The molecule has 0 unspecified atom stereocenters. The smallest absolute Gasteiger partial charge is 0.166 e. The van der Waals surface area contributed by atoms with Crippen molar-refractivity contribution in [2.75, 3.05) is 36.0 Å². The van der Waals surface area contributed by atoms with Gasteiger partial charge in [0.25, 0.3) is 0 Å². The van der Waals surface area contributed by atoms with Crippen molar-refractivity contribution in [2.45, 2.75) is 32.9 Å². The molecule has 32 heavy (non-hydrogen) atoms. The predicted octanol–water partition coefficient (Wildman–Crippen LogP) is 3.50. The van der Waals surface area contributed by atoms with Crippen LogP contribution in [-0.2, 0) is 17.7 Å². The Bertz CT molecular complexity index is 1170. The molecule has 0 radical (unpaired) electrons. The molecular formula is C25H26N6O. The number of morpholine rings is 1. The van der Waals surface area contributed by atoms with E-state index >= 15 is 0 Å². The van der Waals surface area contributed by atoms with E-state index in [1.807, 2.05) is 26.1 Å². The summed E-state index contributed by atoms with van der Waals surface area (Å²) in [7, 11) is 0. The van der Waals surface area contributed by atoms with Crippen molar-refractivity contribution >= 4 is 11.5 Å². The normalized spacial score (nSPS) is 18.2. The van der Waals surface area contributed by atoms with Gasteiger partial charge in [0.05, 0.1) is 18.5 Å². The fourth-order valence-corrected chi connectivity index (χ4v) is 4.52. The van der Waals surface area contributed by atoms with Crippen LogP contribution in [0.15, 0.2) is 42.6 Å². The molecule has 1 saturated heterocycles. The number of benzene rings is 1. The van der Waals surface area contributed by atoms with Crippen LogP contribution in [0.5, 0.6) is 0 Å². The monoisotopic (exact) mass is 426 g/mol. The average Bonchev–Trinajstić information content (AvgIpc) is 2.85. The summed E-state index contributed by atoms with van der Waals surface area (Å²) in [5.41, 5.74) is 7.02. The number of fused-ring (bicyclic) bond motifs is 1. The first-order chi connectivity index (χ1) is 15.6. The summed E-state index contributed by atoms with van der Waals surface area (Å²) in [6, 6.07) is 14.8. The highest BCUT2D eigenvalue weighted by Crippen LogP contribution is 2.30. The van der Waals surface area contributed by atoms with E-state index in [1.54, 1.807) is 0 Å². The molecule has 7 nitrogen and oxygen atoms in total. The highest BCUT2D eigenvalue weighted by atomic mass is 16.5. The number of hydrogen-bond donors (Lipinski definition) is 0. The van der Waals surface area contributed by atoms with Gasteiger partial charge in [-0.3, -0.25) is 4.98 Å². The third-order valence-electron chi connectivity index (χ3n) is 6.53. The highest BCUT2D eigenvalue weighted by Gasteiger charge is 2.25.